The summed E-state index contributed by atoms with van der Waals surface area (Å²) in [5.41, 5.74) is 1.30. The zero-order valence-corrected chi connectivity index (χ0v) is 11.8. The Morgan fingerprint density at radius 1 is 1.33 bits per heavy atom. The topological polar surface area (TPSA) is 30.0 Å². The van der Waals surface area contributed by atoms with E-state index in [-0.39, 0.29) is 5.78 Å². The molecule has 18 heavy (non-hydrogen) atoms. The number of carbonyl (C=O) groups is 1. The molecule has 0 aliphatic heterocycles. The third-order valence-electron chi connectivity index (χ3n) is 3.25. The molecule has 0 aromatic carbocycles. The highest BCUT2D eigenvalue weighted by atomic mass is 32.1. The standard InChI is InChI=1S/C14H15NOS2/c16-11(13-6-3-9-17-13)7-8-14-15-10-4-1-2-5-12(10)18-14/h3,6,9H,1-2,4-5,7-8H2. The molecule has 0 N–H and O–H groups in total. The van der Waals surface area contributed by atoms with Gasteiger partial charge in [0.2, 0.25) is 0 Å². The van der Waals surface area contributed by atoms with Gasteiger partial charge in [0.05, 0.1) is 15.6 Å². The van der Waals surface area contributed by atoms with E-state index in [1.165, 1.54) is 41.2 Å². The van der Waals surface area contributed by atoms with E-state index in [0.29, 0.717) is 6.42 Å². The van der Waals surface area contributed by atoms with Crippen LogP contribution in [0.15, 0.2) is 17.5 Å². The summed E-state index contributed by atoms with van der Waals surface area (Å²) in [6.07, 6.45) is 6.27. The van der Waals surface area contributed by atoms with Gasteiger partial charge in [0, 0.05) is 17.7 Å². The summed E-state index contributed by atoms with van der Waals surface area (Å²) in [4.78, 5) is 18.9. The van der Waals surface area contributed by atoms with Crippen molar-refractivity contribution in [3.05, 3.63) is 38.0 Å². The van der Waals surface area contributed by atoms with Crippen molar-refractivity contribution in [2.75, 3.05) is 0 Å². The van der Waals surface area contributed by atoms with E-state index in [1.54, 1.807) is 0 Å². The number of thiophene rings is 1. The maximum atomic E-state index is 11.9. The molecule has 1 aliphatic rings. The minimum absolute atomic E-state index is 0.248. The molecule has 4 heteroatoms. The summed E-state index contributed by atoms with van der Waals surface area (Å²) in [6.45, 7) is 0. The quantitative estimate of drug-likeness (QED) is 0.793. The maximum absolute atomic E-state index is 11.9. The summed E-state index contributed by atoms with van der Waals surface area (Å²) in [7, 11) is 0. The number of hydrogen-bond donors (Lipinski definition) is 0. The number of thiazole rings is 1. The molecule has 0 spiro atoms. The van der Waals surface area contributed by atoms with E-state index in [1.807, 2.05) is 28.8 Å². The van der Waals surface area contributed by atoms with E-state index in [0.717, 1.165) is 22.7 Å². The van der Waals surface area contributed by atoms with Gasteiger partial charge in [-0.05, 0) is 37.1 Å². The second kappa shape index (κ2) is 5.33. The molecule has 0 amide bonds. The largest absolute Gasteiger partial charge is 0.293 e. The van der Waals surface area contributed by atoms with Gasteiger partial charge in [-0.25, -0.2) is 4.98 Å². The first-order valence-corrected chi connectivity index (χ1v) is 8.07. The van der Waals surface area contributed by atoms with Gasteiger partial charge in [0.25, 0.3) is 0 Å². The van der Waals surface area contributed by atoms with Crippen LogP contribution in [0.2, 0.25) is 0 Å². The Balaban J connectivity index is 1.63. The van der Waals surface area contributed by atoms with Crippen molar-refractivity contribution in [1.82, 2.24) is 4.98 Å². The molecule has 0 unspecified atom stereocenters. The third-order valence-corrected chi connectivity index (χ3v) is 5.38. The number of hydrogen-bond acceptors (Lipinski definition) is 4. The Hall–Kier alpha value is -1.00. The van der Waals surface area contributed by atoms with Crippen LogP contribution in [-0.2, 0) is 19.3 Å². The summed E-state index contributed by atoms with van der Waals surface area (Å²) in [5, 5.41) is 3.10. The van der Waals surface area contributed by atoms with Gasteiger partial charge in [-0.15, -0.1) is 22.7 Å². The molecule has 0 atom stereocenters. The van der Waals surface area contributed by atoms with Crippen LogP contribution >= 0.6 is 22.7 Å². The fraction of sp³-hybridized carbons (Fsp3) is 0.429. The van der Waals surface area contributed by atoms with Gasteiger partial charge in [-0.1, -0.05) is 6.07 Å². The normalized spacial score (nSPS) is 14.4. The molecular weight excluding hydrogens is 262 g/mol. The summed E-state index contributed by atoms with van der Waals surface area (Å²) in [5.74, 6) is 0.248. The van der Waals surface area contributed by atoms with Gasteiger partial charge < -0.3 is 0 Å². The predicted octanol–water partition coefficient (Wildman–Crippen LogP) is 3.90. The van der Waals surface area contributed by atoms with E-state index in [9.17, 15) is 4.79 Å². The molecule has 2 heterocycles. The second-order valence-corrected chi connectivity index (χ2v) is 6.70. The molecule has 0 bridgehead atoms. The molecule has 1 aliphatic carbocycles. The number of carbonyl (C=O) groups excluding carboxylic acids is 1. The molecule has 2 aromatic heterocycles. The molecule has 0 radical (unpaired) electrons. The average molecular weight is 277 g/mol. The highest BCUT2D eigenvalue weighted by Crippen LogP contribution is 2.27. The van der Waals surface area contributed by atoms with Gasteiger partial charge in [0.15, 0.2) is 5.78 Å². The lowest BCUT2D eigenvalue weighted by Crippen LogP contribution is -2.00. The molecule has 0 saturated carbocycles. The Morgan fingerprint density at radius 3 is 3.00 bits per heavy atom. The first kappa shape index (κ1) is 12.1. The fourth-order valence-electron chi connectivity index (χ4n) is 2.29. The first-order valence-electron chi connectivity index (χ1n) is 6.37. The van der Waals surface area contributed by atoms with Crippen molar-refractivity contribution in [3.63, 3.8) is 0 Å². The number of rotatable bonds is 4. The van der Waals surface area contributed by atoms with Crippen molar-refractivity contribution in [2.24, 2.45) is 0 Å². The number of aryl methyl sites for hydroxylation is 3. The number of fused-ring (bicyclic) bond motifs is 1. The summed E-state index contributed by atoms with van der Waals surface area (Å²) in [6, 6.07) is 3.83. The highest BCUT2D eigenvalue weighted by Gasteiger charge is 2.16. The van der Waals surface area contributed by atoms with Crippen molar-refractivity contribution in [3.8, 4) is 0 Å². The van der Waals surface area contributed by atoms with Crippen LogP contribution in [0.1, 0.15) is 44.5 Å². The van der Waals surface area contributed by atoms with E-state index < -0.39 is 0 Å². The van der Waals surface area contributed by atoms with Gasteiger partial charge >= 0.3 is 0 Å². The van der Waals surface area contributed by atoms with Gasteiger partial charge in [-0.2, -0.15) is 0 Å². The minimum Gasteiger partial charge on any atom is -0.293 e. The lowest BCUT2D eigenvalue weighted by Gasteiger charge is -2.06. The Morgan fingerprint density at radius 2 is 2.22 bits per heavy atom. The molecular formula is C14H15NOS2. The molecule has 94 valence electrons. The van der Waals surface area contributed by atoms with Crippen molar-refractivity contribution >= 4 is 28.5 Å². The fourth-order valence-corrected chi connectivity index (χ4v) is 4.14. The maximum Gasteiger partial charge on any atom is 0.173 e. The van der Waals surface area contributed by atoms with E-state index in [4.69, 9.17) is 0 Å². The lowest BCUT2D eigenvalue weighted by molar-refractivity contribution is 0.0986. The third kappa shape index (κ3) is 2.54. The van der Waals surface area contributed by atoms with Crippen LogP contribution in [-0.4, -0.2) is 10.8 Å². The zero-order valence-electron chi connectivity index (χ0n) is 10.1. The second-order valence-electron chi connectivity index (χ2n) is 4.59. The van der Waals surface area contributed by atoms with Crippen LogP contribution in [0, 0.1) is 0 Å². The Bertz CT molecular complexity index is 519. The van der Waals surface area contributed by atoms with E-state index >= 15 is 0 Å². The average Bonchev–Trinajstić information content (AvgIpc) is 3.04. The number of ketones is 1. The zero-order chi connectivity index (χ0) is 12.4. The van der Waals surface area contributed by atoms with E-state index in [2.05, 4.69) is 4.98 Å². The van der Waals surface area contributed by atoms with Crippen LogP contribution < -0.4 is 0 Å². The summed E-state index contributed by atoms with van der Waals surface area (Å²) < 4.78 is 0. The van der Waals surface area contributed by atoms with Crippen molar-refractivity contribution in [2.45, 2.75) is 38.5 Å². The van der Waals surface area contributed by atoms with Crippen LogP contribution in [0.5, 0.6) is 0 Å². The number of nitrogens with zero attached hydrogens (tertiary/aromatic N) is 1. The Kier molecular flexibility index (Phi) is 3.57. The Labute approximate surface area is 115 Å². The molecule has 0 saturated heterocycles. The molecule has 2 nitrogen and oxygen atoms in total. The lowest BCUT2D eigenvalue weighted by atomic mass is 10.0. The van der Waals surface area contributed by atoms with Gasteiger partial charge in [-0.3, -0.25) is 4.79 Å². The van der Waals surface area contributed by atoms with Crippen LogP contribution in [0.25, 0.3) is 0 Å². The number of aromatic nitrogens is 1. The molecule has 2 aromatic rings. The van der Waals surface area contributed by atoms with Crippen LogP contribution in [0.4, 0.5) is 0 Å². The smallest absolute Gasteiger partial charge is 0.173 e. The summed E-state index contributed by atoms with van der Waals surface area (Å²) >= 11 is 3.34. The van der Waals surface area contributed by atoms with Crippen molar-refractivity contribution < 1.29 is 4.79 Å². The van der Waals surface area contributed by atoms with Crippen molar-refractivity contribution in [1.29, 1.82) is 0 Å². The monoisotopic (exact) mass is 277 g/mol. The van der Waals surface area contributed by atoms with Crippen LogP contribution in [0.3, 0.4) is 0 Å². The predicted molar refractivity (Wildman–Crippen MR) is 75.7 cm³/mol. The first-order chi connectivity index (χ1) is 8.83. The number of Topliss-reactive ketones (excluding diaryl/α,β-unsaturated/α-hetero) is 1. The SMILES string of the molecule is O=C(CCc1nc2c(s1)CCCC2)c1cccs1. The molecule has 3 rings (SSSR count). The van der Waals surface area contributed by atoms with Gasteiger partial charge in [0.1, 0.15) is 0 Å². The highest BCUT2D eigenvalue weighted by molar-refractivity contribution is 7.12. The molecule has 0 fully saturated rings. The minimum atomic E-state index is 0.248.